The van der Waals surface area contributed by atoms with Gasteiger partial charge in [-0.15, -0.1) is 0 Å². The first-order valence-corrected chi connectivity index (χ1v) is 8.07. The summed E-state index contributed by atoms with van der Waals surface area (Å²) in [6.45, 7) is 13.2. The molecule has 0 saturated heterocycles. The Balaban J connectivity index is 2.13. The summed E-state index contributed by atoms with van der Waals surface area (Å²) in [7, 11) is 0. The number of nitrogens with one attached hydrogen (secondary N) is 1. The van der Waals surface area contributed by atoms with Crippen LogP contribution in [0.25, 0.3) is 0 Å². The summed E-state index contributed by atoms with van der Waals surface area (Å²) >= 11 is 0. The molecule has 0 fully saturated rings. The Labute approximate surface area is 140 Å². The Hall–Kier alpha value is -2.06. The normalized spacial score (nSPS) is 12.7. The zero-order chi connectivity index (χ0) is 16.9. The highest BCUT2D eigenvalue weighted by atomic mass is 16.5. The lowest BCUT2D eigenvalue weighted by Gasteiger charge is -2.29. The van der Waals surface area contributed by atoms with Crippen molar-refractivity contribution in [3.8, 4) is 0 Å². The zero-order valence-electron chi connectivity index (χ0n) is 14.6. The van der Waals surface area contributed by atoms with Gasteiger partial charge in [-0.1, -0.05) is 66.7 Å². The maximum Gasteiger partial charge on any atom is 0.111 e. The average molecular weight is 309 g/mol. The second kappa shape index (κ2) is 7.47. The van der Waals surface area contributed by atoms with E-state index < -0.39 is 0 Å². The van der Waals surface area contributed by atoms with Crippen molar-refractivity contribution in [2.24, 2.45) is 0 Å². The van der Waals surface area contributed by atoms with Gasteiger partial charge in [-0.2, -0.15) is 0 Å². The lowest BCUT2D eigenvalue weighted by Crippen LogP contribution is -2.28. The van der Waals surface area contributed by atoms with Crippen molar-refractivity contribution >= 4 is 0 Å². The van der Waals surface area contributed by atoms with E-state index >= 15 is 0 Å². The minimum absolute atomic E-state index is 0.0308. The van der Waals surface area contributed by atoms with Crippen molar-refractivity contribution in [3.63, 3.8) is 0 Å². The van der Waals surface area contributed by atoms with Gasteiger partial charge >= 0.3 is 0 Å². The minimum atomic E-state index is -0.254. The molecule has 1 atom stereocenters. The molecule has 2 aromatic carbocycles. The average Bonchev–Trinajstić information content (AvgIpc) is 2.48. The van der Waals surface area contributed by atoms with Crippen LogP contribution in [-0.4, -0.2) is 5.60 Å². The minimum Gasteiger partial charge on any atom is -0.491 e. The first-order valence-electron chi connectivity index (χ1n) is 8.07. The molecule has 0 aromatic heterocycles. The van der Waals surface area contributed by atoms with Crippen molar-refractivity contribution < 1.29 is 4.74 Å². The number of benzene rings is 2. The third-order valence-electron chi connectivity index (χ3n) is 3.52. The molecule has 0 heterocycles. The van der Waals surface area contributed by atoms with E-state index in [1.807, 2.05) is 39.0 Å². The van der Waals surface area contributed by atoms with Crippen LogP contribution in [0.3, 0.4) is 0 Å². The molecule has 0 amide bonds. The van der Waals surface area contributed by atoms with Crippen molar-refractivity contribution in [3.05, 3.63) is 83.6 Å². The second-order valence-corrected chi connectivity index (χ2v) is 6.89. The molecule has 2 heteroatoms. The molecule has 0 bridgehead atoms. The van der Waals surface area contributed by atoms with E-state index in [0.717, 1.165) is 17.9 Å². The van der Waals surface area contributed by atoms with Crippen LogP contribution >= 0.6 is 0 Å². The van der Waals surface area contributed by atoms with Crippen LogP contribution in [0.4, 0.5) is 0 Å². The summed E-state index contributed by atoms with van der Waals surface area (Å²) in [5, 5.41) is 3.57. The summed E-state index contributed by atoms with van der Waals surface area (Å²) in [6.07, 6.45) is 0. The van der Waals surface area contributed by atoms with Gasteiger partial charge in [0.1, 0.15) is 11.4 Å². The quantitative estimate of drug-likeness (QED) is 0.745. The fourth-order valence-electron chi connectivity index (χ4n) is 2.44. The Morgan fingerprint density at radius 1 is 1.04 bits per heavy atom. The van der Waals surface area contributed by atoms with Crippen LogP contribution in [-0.2, 0) is 11.3 Å². The predicted octanol–water partition coefficient (Wildman–Crippen LogP) is 5.15. The standard InChI is InChI=1S/C21H27NO/c1-16-11-13-18(14-12-16)15-22-20(17(2)23-21(3,4)5)19-9-7-6-8-10-19/h6-14,20,22H,2,15H2,1,3-5H3. The molecule has 0 aliphatic rings. The van der Waals surface area contributed by atoms with Crippen molar-refractivity contribution in [2.45, 2.75) is 45.9 Å². The van der Waals surface area contributed by atoms with Gasteiger partial charge in [0.15, 0.2) is 0 Å². The van der Waals surface area contributed by atoms with E-state index in [-0.39, 0.29) is 11.6 Å². The molecule has 1 N–H and O–H groups in total. The largest absolute Gasteiger partial charge is 0.491 e. The summed E-state index contributed by atoms with van der Waals surface area (Å²) in [4.78, 5) is 0. The lowest BCUT2D eigenvalue weighted by atomic mass is 10.0. The highest BCUT2D eigenvalue weighted by Gasteiger charge is 2.21. The third kappa shape index (κ3) is 5.57. The molecule has 0 spiro atoms. The number of rotatable bonds is 6. The van der Waals surface area contributed by atoms with Crippen LogP contribution < -0.4 is 5.32 Å². The molecule has 2 nitrogen and oxygen atoms in total. The van der Waals surface area contributed by atoms with E-state index in [0.29, 0.717) is 0 Å². The molecule has 1 unspecified atom stereocenters. The van der Waals surface area contributed by atoms with Crippen molar-refractivity contribution in [2.75, 3.05) is 0 Å². The van der Waals surface area contributed by atoms with Crippen LogP contribution in [0.1, 0.15) is 43.5 Å². The number of ether oxygens (including phenoxy) is 1. The van der Waals surface area contributed by atoms with Crippen LogP contribution in [0.2, 0.25) is 0 Å². The second-order valence-electron chi connectivity index (χ2n) is 6.89. The maximum atomic E-state index is 6.00. The summed E-state index contributed by atoms with van der Waals surface area (Å²) in [5.41, 5.74) is 3.43. The van der Waals surface area contributed by atoms with Crippen LogP contribution in [0, 0.1) is 6.92 Å². The van der Waals surface area contributed by atoms with E-state index in [9.17, 15) is 0 Å². The van der Waals surface area contributed by atoms with Gasteiger partial charge in [0.25, 0.3) is 0 Å². The fourth-order valence-corrected chi connectivity index (χ4v) is 2.44. The van der Waals surface area contributed by atoms with Gasteiger partial charge in [0.05, 0.1) is 6.04 Å². The highest BCUT2D eigenvalue weighted by molar-refractivity contribution is 5.26. The van der Waals surface area contributed by atoms with E-state index in [4.69, 9.17) is 4.74 Å². The smallest absolute Gasteiger partial charge is 0.111 e. The molecule has 0 radical (unpaired) electrons. The number of aryl methyl sites for hydroxylation is 1. The summed E-state index contributed by atoms with van der Waals surface area (Å²) in [5.74, 6) is 0.746. The molecule has 2 rings (SSSR count). The van der Waals surface area contributed by atoms with Gasteiger partial charge in [0.2, 0.25) is 0 Å². The van der Waals surface area contributed by atoms with Gasteiger partial charge in [0, 0.05) is 6.54 Å². The molecule has 2 aromatic rings. The third-order valence-corrected chi connectivity index (χ3v) is 3.52. The molecule has 0 saturated carbocycles. The first kappa shape index (κ1) is 17.3. The predicted molar refractivity (Wildman–Crippen MR) is 97.2 cm³/mol. The molecular formula is C21H27NO. The van der Waals surface area contributed by atoms with Crippen LogP contribution in [0.15, 0.2) is 66.9 Å². The van der Waals surface area contributed by atoms with E-state index in [1.54, 1.807) is 0 Å². The summed E-state index contributed by atoms with van der Waals surface area (Å²) < 4.78 is 6.00. The Bertz CT molecular complexity index is 623. The number of hydrogen-bond acceptors (Lipinski definition) is 2. The number of hydrogen-bond donors (Lipinski definition) is 1. The maximum absolute atomic E-state index is 6.00. The van der Waals surface area contributed by atoms with E-state index in [2.05, 4.69) is 55.2 Å². The monoisotopic (exact) mass is 309 g/mol. The highest BCUT2D eigenvalue weighted by Crippen LogP contribution is 2.26. The van der Waals surface area contributed by atoms with Crippen molar-refractivity contribution in [1.29, 1.82) is 0 Å². The molecule has 0 aliphatic heterocycles. The molecule has 0 aliphatic carbocycles. The lowest BCUT2D eigenvalue weighted by molar-refractivity contribution is 0.0397. The van der Waals surface area contributed by atoms with Crippen LogP contribution in [0.5, 0.6) is 0 Å². The fraction of sp³-hybridized carbons (Fsp3) is 0.333. The SMILES string of the molecule is C=C(OC(C)(C)C)C(NCc1ccc(C)cc1)c1ccccc1. The van der Waals surface area contributed by atoms with Crippen molar-refractivity contribution in [1.82, 2.24) is 5.32 Å². The van der Waals surface area contributed by atoms with E-state index in [1.165, 1.54) is 11.1 Å². The topological polar surface area (TPSA) is 21.3 Å². The summed E-state index contributed by atoms with van der Waals surface area (Å²) in [6, 6.07) is 18.8. The Kier molecular flexibility index (Phi) is 5.62. The molecular weight excluding hydrogens is 282 g/mol. The molecule has 122 valence electrons. The first-order chi connectivity index (χ1) is 10.8. The Morgan fingerprint density at radius 2 is 1.65 bits per heavy atom. The van der Waals surface area contributed by atoms with Gasteiger partial charge in [-0.05, 0) is 38.8 Å². The van der Waals surface area contributed by atoms with Gasteiger partial charge in [-0.3, -0.25) is 5.32 Å². The van der Waals surface area contributed by atoms with Gasteiger partial charge in [-0.25, -0.2) is 0 Å². The van der Waals surface area contributed by atoms with Gasteiger partial charge < -0.3 is 4.74 Å². The molecule has 23 heavy (non-hydrogen) atoms. The Morgan fingerprint density at radius 3 is 2.22 bits per heavy atom. The zero-order valence-corrected chi connectivity index (χ0v) is 14.6.